The van der Waals surface area contributed by atoms with Crippen LogP contribution in [0.4, 0.5) is 0 Å². The van der Waals surface area contributed by atoms with Crippen molar-refractivity contribution in [1.82, 2.24) is 10.2 Å². The number of allylic oxidation sites excluding steroid dienone is 2. The van der Waals surface area contributed by atoms with E-state index < -0.39 is 0 Å². The lowest BCUT2D eigenvalue weighted by Gasteiger charge is -2.19. The van der Waals surface area contributed by atoms with E-state index in [0.29, 0.717) is 23.4 Å². The molecule has 0 saturated heterocycles. The summed E-state index contributed by atoms with van der Waals surface area (Å²) >= 11 is 0. The van der Waals surface area contributed by atoms with Crippen LogP contribution in [-0.2, 0) is 0 Å². The number of carbonyl (C=O) groups excluding carboxylic acids is 2. The smallest absolute Gasteiger partial charge is 0.209 e. The van der Waals surface area contributed by atoms with Crippen molar-refractivity contribution in [2.24, 2.45) is 0 Å². The van der Waals surface area contributed by atoms with Crippen molar-refractivity contribution in [1.29, 1.82) is 0 Å². The minimum atomic E-state index is -0.101. The Bertz CT molecular complexity index is 560. The molecular formula is C17H22N2O2. The van der Waals surface area contributed by atoms with E-state index in [-0.39, 0.29) is 11.6 Å². The molecule has 4 nitrogen and oxygen atoms in total. The molecule has 1 aliphatic rings. The van der Waals surface area contributed by atoms with Gasteiger partial charge in [0.2, 0.25) is 5.78 Å². The van der Waals surface area contributed by atoms with Gasteiger partial charge in [0, 0.05) is 23.7 Å². The lowest BCUT2D eigenvalue weighted by atomic mass is 9.93. The first-order valence-corrected chi connectivity index (χ1v) is 7.53. The summed E-state index contributed by atoms with van der Waals surface area (Å²) in [6.07, 6.45) is 2.37. The molecule has 2 rings (SSSR count). The van der Waals surface area contributed by atoms with Crippen LogP contribution < -0.4 is 5.32 Å². The maximum atomic E-state index is 12.3. The zero-order valence-electron chi connectivity index (χ0n) is 12.7. The predicted octanol–water partition coefficient (Wildman–Crippen LogP) is 2.27. The number of nitrogens with zero attached hydrogens (tertiary/aromatic N) is 1. The molecule has 0 radical (unpaired) electrons. The van der Waals surface area contributed by atoms with Crippen LogP contribution >= 0.6 is 0 Å². The molecule has 4 heteroatoms. The second-order valence-corrected chi connectivity index (χ2v) is 5.10. The van der Waals surface area contributed by atoms with E-state index in [4.69, 9.17) is 0 Å². The van der Waals surface area contributed by atoms with E-state index in [1.54, 1.807) is 24.3 Å². The van der Waals surface area contributed by atoms with Gasteiger partial charge in [0.25, 0.3) is 0 Å². The van der Waals surface area contributed by atoms with Gasteiger partial charge in [-0.3, -0.25) is 9.59 Å². The molecule has 21 heavy (non-hydrogen) atoms. The molecule has 0 amide bonds. The number of rotatable bonds is 7. The first kappa shape index (κ1) is 15.4. The summed E-state index contributed by atoms with van der Waals surface area (Å²) in [6, 6.07) is 6.97. The van der Waals surface area contributed by atoms with Gasteiger partial charge in [0.1, 0.15) is 0 Å². The molecule has 0 fully saturated rings. The standard InChI is InChI=1S/C17H22N2O2/c1-3-19(4-2)11-7-10-18-15-12-16(20)13-8-5-6-9-14(13)17(15)21/h5-6,8-9,12,18H,3-4,7,10-11H2,1-2H3. The largest absolute Gasteiger partial charge is 0.382 e. The Morgan fingerprint density at radius 1 is 1.05 bits per heavy atom. The summed E-state index contributed by atoms with van der Waals surface area (Å²) < 4.78 is 0. The Morgan fingerprint density at radius 3 is 2.38 bits per heavy atom. The lowest BCUT2D eigenvalue weighted by molar-refractivity contribution is 0.0978. The highest BCUT2D eigenvalue weighted by atomic mass is 16.1. The average molecular weight is 286 g/mol. The Balaban J connectivity index is 1.93. The molecule has 0 aliphatic heterocycles. The van der Waals surface area contributed by atoms with E-state index in [9.17, 15) is 9.59 Å². The number of carbonyl (C=O) groups is 2. The molecule has 1 aliphatic carbocycles. The van der Waals surface area contributed by atoms with Crippen molar-refractivity contribution in [3.05, 3.63) is 47.2 Å². The minimum absolute atomic E-state index is 0.0898. The summed E-state index contributed by atoms with van der Waals surface area (Å²) in [6.45, 7) is 8.03. The van der Waals surface area contributed by atoms with Crippen LogP contribution in [0, 0.1) is 0 Å². The highest BCUT2D eigenvalue weighted by molar-refractivity contribution is 6.24. The van der Waals surface area contributed by atoms with Crippen molar-refractivity contribution >= 4 is 11.6 Å². The van der Waals surface area contributed by atoms with Gasteiger partial charge in [-0.2, -0.15) is 0 Å². The molecule has 1 N–H and O–H groups in total. The monoisotopic (exact) mass is 286 g/mol. The number of benzene rings is 1. The van der Waals surface area contributed by atoms with Crippen LogP contribution in [0.2, 0.25) is 0 Å². The highest BCUT2D eigenvalue weighted by Crippen LogP contribution is 2.19. The molecule has 0 saturated carbocycles. The van der Waals surface area contributed by atoms with Crippen LogP contribution in [-0.4, -0.2) is 42.6 Å². The van der Waals surface area contributed by atoms with E-state index in [1.165, 1.54) is 6.08 Å². The number of ketones is 2. The van der Waals surface area contributed by atoms with Gasteiger partial charge in [0.15, 0.2) is 5.78 Å². The van der Waals surface area contributed by atoms with Crippen molar-refractivity contribution in [3.8, 4) is 0 Å². The zero-order valence-corrected chi connectivity index (χ0v) is 12.7. The summed E-state index contributed by atoms with van der Waals surface area (Å²) in [5.41, 5.74) is 1.41. The third-order valence-corrected chi connectivity index (χ3v) is 3.82. The lowest BCUT2D eigenvalue weighted by Crippen LogP contribution is -2.30. The van der Waals surface area contributed by atoms with Crippen LogP contribution in [0.1, 0.15) is 41.0 Å². The second-order valence-electron chi connectivity index (χ2n) is 5.10. The van der Waals surface area contributed by atoms with E-state index >= 15 is 0 Å². The Morgan fingerprint density at radius 2 is 1.71 bits per heavy atom. The molecule has 1 aromatic carbocycles. The van der Waals surface area contributed by atoms with Gasteiger partial charge in [-0.1, -0.05) is 38.1 Å². The molecule has 1 aromatic rings. The first-order valence-electron chi connectivity index (χ1n) is 7.53. The van der Waals surface area contributed by atoms with Gasteiger partial charge in [-0.05, 0) is 26.1 Å². The average Bonchev–Trinajstić information content (AvgIpc) is 2.52. The van der Waals surface area contributed by atoms with Gasteiger partial charge in [-0.15, -0.1) is 0 Å². The van der Waals surface area contributed by atoms with Crippen LogP contribution in [0.3, 0.4) is 0 Å². The van der Waals surface area contributed by atoms with Crippen LogP contribution in [0.25, 0.3) is 0 Å². The fourth-order valence-corrected chi connectivity index (χ4v) is 2.51. The van der Waals surface area contributed by atoms with Crippen molar-refractivity contribution < 1.29 is 9.59 Å². The molecule has 112 valence electrons. The molecule has 0 aromatic heterocycles. The van der Waals surface area contributed by atoms with Gasteiger partial charge >= 0.3 is 0 Å². The first-order chi connectivity index (χ1) is 10.2. The Hall–Kier alpha value is -1.94. The highest BCUT2D eigenvalue weighted by Gasteiger charge is 2.24. The molecule has 0 unspecified atom stereocenters. The molecule has 0 spiro atoms. The van der Waals surface area contributed by atoms with E-state index in [0.717, 1.165) is 26.1 Å². The van der Waals surface area contributed by atoms with Crippen LogP contribution in [0.5, 0.6) is 0 Å². The number of nitrogens with one attached hydrogen (secondary N) is 1. The number of hydrogen-bond donors (Lipinski definition) is 1. The fourth-order valence-electron chi connectivity index (χ4n) is 2.51. The molecule has 0 heterocycles. The van der Waals surface area contributed by atoms with Gasteiger partial charge < -0.3 is 10.2 Å². The van der Waals surface area contributed by atoms with E-state index in [1.807, 2.05) is 0 Å². The Kier molecular flexibility index (Phi) is 5.28. The van der Waals surface area contributed by atoms with Crippen molar-refractivity contribution in [2.75, 3.05) is 26.2 Å². The maximum Gasteiger partial charge on any atom is 0.209 e. The zero-order chi connectivity index (χ0) is 15.2. The van der Waals surface area contributed by atoms with Crippen LogP contribution in [0.15, 0.2) is 36.0 Å². The molecule has 0 bridgehead atoms. The number of fused-ring (bicyclic) bond motifs is 1. The SMILES string of the molecule is CCN(CC)CCCNC1=CC(=O)c2ccccc2C1=O. The third-order valence-electron chi connectivity index (χ3n) is 3.82. The summed E-state index contributed by atoms with van der Waals surface area (Å²) in [5.74, 6) is -0.190. The second kappa shape index (κ2) is 7.18. The number of Topliss-reactive ketones (excluding diaryl/α,β-unsaturated/α-hetero) is 1. The quantitative estimate of drug-likeness (QED) is 0.781. The summed E-state index contributed by atoms with van der Waals surface area (Å²) in [7, 11) is 0. The third kappa shape index (κ3) is 3.58. The molecular weight excluding hydrogens is 264 g/mol. The summed E-state index contributed by atoms with van der Waals surface area (Å²) in [5, 5.41) is 3.11. The number of hydrogen-bond acceptors (Lipinski definition) is 4. The molecule has 0 atom stereocenters. The fraction of sp³-hybridized carbons (Fsp3) is 0.412. The Labute approximate surface area is 125 Å². The van der Waals surface area contributed by atoms with Gasteiger partial charge in [-0.25, -0.2) is 0 Å². The topological polar surface area (TPSA) is 49.4 Å². The minimum Gasteiger partial charge on any atom is -0.382 e. The van der Waals surface area contributed by atoms with Gasteiger partial charge in [0.05, 0.1) is 5.70 Å². The summed E-state index contributed by atoms with van der Waals surface area (Å²) in [4.78, 5) is 26.6. The normalized spacial score (nSPS) is 14.1. The van der Waals surface area contributed by atoms with E-state index in [2.05, 4.69) is 24.1 Å². The van der Waals surface area contributed by atoms with Crippen molar-refractivity contribution in [2.45, 2.75) is 20.3 Å². The maximum absolute atomic E-state index is 12.3. The predicted molar refractivity (Wildman–Crippen MR) is 83.6 cm³/mol. The van der Waals surface area contributed by atoms with Crippen molar-refractivity contribution in [3.63, 3.8) is 0 Å².